The van der Waals surface area contributed by atoms with Crippen LogP contribution in [0.5, 0.6) is 0 Å². The third kappa shape index (κ3) is 4.97. The predicted octanol–water partition coefficient (Wildman–Crippen LogP) is 2.61. The maximum Gasteiger partial charge on any atom is 0.228 e. The molecular weight excluding hydrogens is 322 g/mol. The molecule has 2 aromatic rings. The van der Waals surface area contributed by atoms with E-state index in [1.165, 1.54) is 0 Å². The van der Waals surface area contributed by atoms with Gasteiger partial charge in [-0.25, -0.2) is 0 Å². The number of amides is 1. The first-order valence-electron chi connectivity index (χ1n) is 7.86. The number of methoxy groups -OCH3 is 1. The number of anilines is 2. The molecule has 1 heterocycles. The first-order chi connectivity index (χ1) is 11.5. The van der Waals surface area contributed by atoms with Gasteiger partial charge in [0.2, 0.25) is 5.91 Å². The maximum atomic E-state index is 12.7. The average molecular weight is 347 g/mol. The molecule has 6 heteroatoms. The number of nitrogen functional groups attached to an aromatic ring is 1. The molecule has 0 saturated carbocycles. The van der Waals surface area contributed by atoms with E-state index < -0.39 is 0 Å². The molecule has 2 rings (SSSR count). The van der Waals surface area contributed by atoms with Crippen LogP contribution in [0.3, 0.4) is 0 Å². The molecular formula is C18H25N3O2S. The fourth-order valence-electron chi connectivity index (χ4n) is 2.54. The van der Waals surface area contributed by atoms with E-state index in [1.54, 1.807) is 18.4 Å². The summed E-state index contributed by atoms with van der Waals surface area (Å²) >= 11 is 1.60. The molecule has 0 aliphatic rings. The van der Waals surface area contributed by atoms with Crippen molar-refractivity contribution in [3.63, 3.8) is 0 Å². The van der Waals surface area contributed by atoms with Gasteiger partial charge in [0.05, 0.1) is 13.0 Å². The van der Waals surface area contributed by atoms with E-state index in [2.05, 4.69) is 0 Å². The second-order valence-corrected chi connectivity index (χ2v) is 6.88. The molecule has 0 spiro atoms. The van der Waals surface area contributed by atoms with Crippen molar-refractivity contribution in [1.29, 1.82) is 0 Å². The fraction of sp³-hybridized carbons (Fsp3) is 0.389. The Labute approximate surface area is 147 Å². The summed E-state index contributed by atoms with van der Waals surface area (Å²) < 4.78 is 5.17. The summed E-state index contributed by atoms with van der Waals surface area (Å²) in [5, 5.41) is 1.99. The van der Waals surface area contributed by atoms with Crippen molar-refractivity contribution in [2.45, 2.75) is 13.0 Å². The molecule has 0 fully saturated rings. The predicted molar refractivity (Wildman–Crippen MR) is 100 cm³/mol. The Balaban J connectivity index is 2.19. The molecule has 0 bridgehead atoms. The van der Waals surface area contributed by atoms with Crippen molar-refractivity contribution in [1.82, 2.24) is 4.90 Å². The van der Waals surface area contributed by atoms with Crippen LogP contribution in [-0.4, -0.2) is 45.2 Å². The number of rotatable bonds is 8. The smallest absolute Gasteiger partial charge is 0.228 e. The number of ether oxygens (including phenoxy) is 1. The van der Waals surface area contributed by atoms with Crippen LogP contribution in [0, 0.1) is 0 Å². The van der Waals surface area contributed by atoms with Gasteiger partial charge < -0.3 is 20.3 Å². The van der Waals surface area contributed by atoms with E-state index in [0.717, 1.165) is 16.1 Å². The van der Waals surface area contributed by atoms with E-state index in [9.17, 15) is 4.79 Å². The molecule has 0 radical (unpaired) electrons. The highest BCUT2D eigenvalue weighted by atomic mass is 32.1. The van der Waals surface area contributed by atoms with Crippen LogP contribution in [0.1, 0.15) is 10.4 Å². The number of hydrogen-bond donors (Lipinski definition) is 1. The van der Waals surface area contributed by atoms with Gasteiger partial charge in [-0.15, -0.1) is 11.3 Å². The zero-order valence-corrected chi connectivity index (χ0v) is 15.3. The summed E-state index contributed by atoms with van der Waals surface area (Å²) in [6, 6.07) is 9.76. The highest BCUT2D eigenvalue weighted by Crippen LogP contribution is 2.23. The first-order valence-corrected chi connectivity index (χ1v) is 8.74. The fourth-order valence-corrected chi connectivity index (χ4v) is 3.24. The molecule has 1 aromatic heterocycles. The molecule has 5 nitrogen and oxygen atoms in total. The van der Waals surface area contributed by atoms with E-state index in [1.807, 2.05) is 59.6 Å². The van der Waals surface area contributed by atoms with E-state index in [-0.39, 0.29) is 5.91 Å². The monoisotopic (exact) mass is 347 g/mol. The van der Waals surface area contributed by atoms with E-state index in [4.69, 9.17) is 10.5 Å². The normalized spacial score (nSPS) is 10.6. The van der Waals surface area contributed by atoms with Crippen molar-refractivity contribution in [2.75, 3.05) is 45.0 Å². The SMILES string of the molecule is COCCN(Cc1cc(N)ccc1N(C)C)C(=O)Cc1cccs1. The topological polar surface area (TPSA) is 58.8 Å². The van der Waals surface area contributed by atoms with Gasteiger partial charge >= 0.3 is 0 Å². The Hall–Kier alpha value is -2.05. The average Bonchev–Trinajstić information content (AvgIpc) is 3.04. The largest absolute Gasteiger partial charge is 0.399 e. The number of nitrogens with zero attached hydrogens (tertiary/aromatic N) is 2. The Morgan fingerprint density at radius 1 is 1.29 bits per heavy atom. The summed E-state index contributed by atoms with van der Waals surface area (Å²) in [6.07, 6.45) is 0.418. The molecule has 130 valence electrons. The minimum Gasteiger partial charge on any atom is -0.399 e. The van der Waals surface area contributed by atoms with E-state index >= 15 is 0 Å². The standard InChI is InChI=1S/C18H25N3O2S/c1-20(2)17-7-6-15(19)11-14(17)13-21(8-9-23-3)18(22)12-16-5-4-10-24-16/h4-7,10-11H,8-9,12-13,19H2,1-3H3. The van der Waals surface area contributed by atoms with Gasteiger partial charge in [0, 0.05) is 50.5 Å². The second kappa shape index (κ2) is 8.70. The maximum absolute atomic E-state index is 12.7. The molecule has 1 amide bonds. The Kier molecular flexibility index (Phi) is 6.63. The number of hydrogen-bond acceptors (Lipinski definition) is 5. The minimum atomic E-state index is 0.0987. The van der Waals surface area contributed by atoms with Gasteiger partial charge in [-0.3, -0.25) is 4.79 Å². The lowest BCUT2D eigenvalue weighted by Gasteiger charge is -2.26. The Bertz CT molecular complexity index is 656. The molecule has 2 N–H and O–H groups in total. The summed E-state index contributed by atoms with van der Waals surface area (Å²) in [6.45, 7) is 1.59. The number of carbonyl (C=O) groups excluding carboxylic acids is 1. The van der Waals surface area contributed by atoms with Gasteiger partial charge in [-0.05, 0) is 35.2 Å². The molecule has 0 saturated heterocycles. The Morgan fingerprint density at radius 3 is 2.71 bits per heavy atom. The number of benzene rings is 1. The lowest BCUT2D eigenvalue weighted by atomic mass is 10.1. The zero-order valence-electron chi connectivity index (χ0n) is 14.5. The van der Waals surface area contributed by atoms with Gasteiger partial charge in [0.15, 0.2) is 0 Å². The molecule has 1 aromatic carbocycles. The van der Waals surface area contributed by atoms with Crippen LogP contribution in [0.2, 0.25) is 0 Å². The third-order valence-corrected chi connectivity index (χ3v) is 4.65. The molecule has 0 unspecified atom stereocenters. The van der Waals surface area contributed by atoms with Gasteiger partial charge in [0.25, 0.3) is 0 Å². The van der Waals surface area contributed by atoms with Crippen molar-refractivity contribution in [3.8, 4) is 0 Å². The number of nitrogens with two attached hydrogens (primary N) is 1. The summed E-state index contributed by atoms with van der Waals surface area (Å²) in [5.74, 6) is 0.0987. The lowest BCUT2D eigenvalue weighted by Crippen LogP contribution is -2.35. The molecule has 0 aliphatic carbocycles. The van der Waals surface area contributed by atoms with Gasteiger partial charge in [-0.1, -0.05) is 6.07 Å². The number of carbonyl (C=O) groups is 1. The third-order valence-electron chi connectivity index (χ3n) is 3.77. The summed E-state index contributed by atoms with van der Waals surface area (Å²) in [5.41, 5.74) is 8.75. The van der Waals surface area contributed by atoms with Crippen molar-refractivity contribution >= 4 is 28.6 Å². The van der Waals surface area contributed by atoms with Crippen LogP contribution in [0.15, 0.2) is 35.7 Å². The quantitative estimate of drug-likeness (QED) is 0.746. The lowest BCUT2D eigenvalue weighted by molar-refractivity contribution is -0.131. The van der Waals surface area contributed by atoms with Crippen molar-refractivity contribution in [3.05, 3.63) is 46.2 Å². The van der Waals surface area contributed by atoms with Crippen LogP contribution in [0.4, 0.5) is 11.4 Å². The second-order valence-electron chi connectivity index (χ2n) is 5.85. The highest BCUT2D eigenvalue weighted by Gasteiger charge is 2.17. The van der Waals surface area contributed by atoms with Crippen LogP contribution in [-0.2, 0) is 22.5 Å². The van der Waals surface area contributed by atoms with Gasteiger partial charge in [-0.2, -0.15) is 0 Å². The van der Waals surface area contributed by atoms with Crippen molar-refractivity contribution < 1.29 is 9.53 Å². The van der Waals surface area contributed by atoms with Crippen LogP contribution in [0.25, 0.3) is 0 Å². The van der Waals surface area contributed by atoms with Crippen LogP contribution >= 0.6 is 11.3 Å². The van der Waals surface area contributed by atoms with Gasteiger partial charge in [0.1, 0.15) is 0 Å². The summed E-state index contributed by atoms with van der Waals surface area (Å²) in [4.78, 5) is 17.7. The van der Waals surface area contributed by atoms with E-state index in [0.29, 0.717) is 31.8 Å². The number of thiophene rings is 1. The minimum absolute atomic E-state index is 0.0987. The molecule has 0 aliphatic heterocycles. The molecule has 0 atom stereocenters. The molecule has 24 heavy (non-hydrogen) atoms. The summed E-state index contributed by atoms with van der Waals surface area (Å²) in [7, 11) is 5.62. The van der Waals surface area contributed by atoms with Crippen molar-refractivity contribution in [2.24, 2.45) is 0 Å². The Morgan fingerprint density at radius 2 is 2.08 bits per heavy atom. The highest BCUT2D eigenvalue weighted by molar-refractivity contribution is 7.10. The zero-order chi connectivity index (χ0) is 17.5. The van der Waals surface area contributed by atoms with Crippen LogP contribution < -0.4 is 10.6 Å². The first kappa shape index (κ1) is 18.3.